The second-order valence-electron chi connectivity index (χ2n) is 5.96. The Bertz CT molecular complexity index is 990. The van der Waals surface area contributed by atoms with E-state index in [4.69, 9.17) is 4.74 Å². The maximum Gasteiger partial charge on any atom is 0.269 e. The van der Waals surface area contributed by atoms with E-state index < -0.39 is 21.8 Å². The van der Waals surface area contributed by atoms with Crippen LogP contribution in [-0.2, 0) is 14.8 Å². The monoisotopic (exact) mass is 467 g/mol. The molecule has 8 nitrogen and oxygen atoms in total. The van der Waals surface area contributed by atoms with E-state index in [9.17, 15) is 18.0 Å². The van der Waals surface area contributed by atoms with Crippen molar-refractivity contribution < 1.29 is 22.7 Å². The van der Waals surface area contributed by atoms with Crippen LogP contribution in [0.25, 0.3) is 0 Å². The van der Waals surface area contributed by atoms with Crippen LogP contribution < -0.4 is 10.9 Å². The second-order valence-corrected chi connectivity index (χ2v) is 8.82. The Balaban J connectivity index is 1.69. The first-order valence-corrected chi connectivity index (χ1v) is 10.7. The van der Waals surface area contributed by atoms with E-state index in [2.05, 4.69) is 26.8 Å². The molecule has 1 heterocycles. The molecule has 1 aliphatic rings. The van der Waals surface area contributed by atoms with Crippen LogP contribution in [0.5, 0.6) is 0 Å². The number of morpholine rings is 1. The first-order chi connectivity index (χ1) is 13.4. The minimum Gasteiger partial charge on any atom is -0.379 e. The summed E-state index contributed by atoms with van der Waals surface area (Å²) >= 11 is 3.27. The number of ether oxygens (including phenoxy) is 1. The Morgan fingerprint density at radius 3 is 2.11 bits per heavy atom. The molecule has 1 aliphatic heterocycles. The highest BCUT2D eigenvalue weighted by atomic mass is 79.9. The molecule has 2 aromatic rings. The summed E-state index contributed by atoms with van der Waals surface area (Å²) in [4.78, 5) is 24.5. The molecule has 0 aromatic heterocycles. The number of nitrogens with one attached hydrogen (secondary N) is 2. The minimum absolute atomic E-state index is 0.0142. The molecule has 10 heteroatoms. The van der Waals surface area contributed by atoms with Gasteiger partial charge in [0.2, 0.25) is 10.0 Å². The molecule has 1 saturated heterocycles. The van der Waals surface area contributed by atoms with Gasteiger partial charge in [0.1, 0.15) is 0 Å². The van der Waals surface area contributed by atoms with Crippen LogP contribution >= 0.6 is 15.9 Å². The maximum absolute atomic E-state index is 12.7. The van der Waals surface area contributed by atoms with Crippen molar-refractivity contribution in [3.05, 3.63) is 64.1 Å². The van der Waals surface area contributed by atoms with Crippen molar-refractivity contribution in [2.45, 2.75) is 4.90 Å². The van der Waals surface area contributed by atoms with Crippen molar-refractivity contribution in [1.29, 1.82) is 0 Å². The van der Waals surface area contributed by atoms with Crippen molar-refractivity contribution in [2.24, 2.45) is 0 Å². The summed E-state index contributed by atoms with van der Waals surface area (Å²) in [5.41, 5.74) is 5.08. The zero-order valence-corrected chi connectivity index (χ0v) is 17.1. The summed E-state index contributed by atoms with van der Waals surface area (Å²) in [6, 6.07) is 12.3. The lowest BCUT2D eigenvalue weighted by Crippen LogP contribution is -2.42. The lowest BCUT2D eigenvalue weighted by Gasteiger charge is -2.26. The zero-order chi connectivity index (χ0) is 20.1. The number of nitrogens with zero attached hydrogens (tertiary/aromatic N) is 1. The van der Waals surface area contributed by atoms with Gasteiger partial charge in [0.15, 0.2) is 0 Å². The van der Waals surface area contributed by atoms with Gasteiger partial charge in [-0.25, -0.2) is 8.42 Å². The van der Waals surface area contributed by atoms with E-state index in [0.29, 0.717) is 18.8 Å². The van der Waals surface area contributed by atoms with Gasteiger partial charge in [-0.2, -0.15) is 4.31 Å². The standard InChI is InChI=1S/C18H18BrN3O5S/c19-15-5-1-3-13(11-15)17(23)20-21-18(24)14-4-2-6-16(12-14)28(25,26)22-7-9-27-10-8-22/h1-6,11-12H,7-10H2,(H,20,23)(H,21,24). The van der Waals surface area contributed by atoms with Gasteiger partial charge in [0, 0.05) is 28.7 Å². The third-order valence-electron chi connectivity index (χ3n) is 4.08. The summed E-state index contributed by atoms with van der Waals surface area (Å²) < 4.78 is 32.6. The van der Waals surface area contributed by atoms with E-state index >= 15 is 0 Å². The number of hydrazine groups is 1. The summed E-state index contributed by atoms with van der Waals surface area (Å²) in [6.45, 7) is 1.20. The molecule has 28 heavy (non-hydrogen) atoms. The molecule has 0 aliphatic carbocycles. The lowest BCUT2D eigenvalue weighted by atomic mass is 10.2. The Morgan fingerprint density at radius 2 is 1.50 bits per heavy atom. The average molecular weight is 468 g/mol. The van der Waals surface area contributed by atoms with Gasteiger partial charge in [0.05, 0.1) is 18.1 Å². The third kappa shape index (κ3) is 4.76. The Hall–Kier alpha value is -2.27. The molecular formula is C18H18BrN3O5S. The molecular weight excluding hydrogens is 450 g/mol. The minimum atomic E-state index is -3.72. The molecule has 2 N–H and O–H groups in total. The van der Waals surface area contributed by atoms with Crippen LogP contribution in [0.15, 0.2) is 57.9 Å². The van der Waals surface area contributed by atoms with Crippen LogP contribution in [0.2, 0.25) is 0 Å². The number of sulfonamides is 1. The Kier molecular flexibility index (Phi) is 6.45. The van der Waals surface area contributed by atoms with E-state index in [1.807, 2.05) is 0 Å². The van der Waals surface area contributed by atoms with Gasteiger partial charge < -0.3 is 4.74 Å². The number of carbonyl (C=O) groups excluding carboxylic acids is 2. The fourth-order valence-electron chi connectivity index (χ4n) is 2.62. The number of carbonyl (C=O) groups is 2. The van der Waals surface area contributed by atoms with Crippen LogP contribution in [0, 0.1) is 0 Å². The van der Waals surface area contributed by atoms with Crippen molar-refractivity contribution in [1.82, 2.24) is 15.2 Å². The maximum atomic E-state index is 12.7. The van der Waals surface area contributed by atoms with Gasteiger partial charge in [0.25, 0.3) is 11.8 Å². The predicted octanol–water partition coefficient (Wildman–Crippen LogP) is 1.54. The van der Waals surface area contributed by atoms with Crippen molar-refractivity contribution >= 4 is 37.8 Å². The van der Waals surface area contributed by atoms with Crippen LogP contribution in [-0.4, -0.2) is 50.8 Å². The van der Waals surface area contributed by atoms with Crippen molar-refractivity contribution in [3.8, 4) is 0 Å². The van der Waals surface area contributed by atoms with E-state index in [1.165, 1.54) is 28.6 Å². The van der Waals surface area contributed by atoms with Gasteiger partial charge in [-0.15, -0.1) is 0 Å². The smallest absolute Gasteiger partial charge is 0.269 e. The van der Waals surface area contributed by atoms with Crippen molar-refractivity contribution in [3.63, 3.8) is 0 Å². The normalized spacial score (nSPS) is 15.0. The molecule has 3 rings (SSSR count). The third-order valence-corrected chi connectivity index (χ3v) is 6.47. The quantitative estimate of drug-likeness (QED) is 0.663. The SMILES string of the molecule is O=C(NNC(=O)c1cccc(S(=O)(=O)N2CCOCC2)c1)c1cccc(Br)c1. The highest BCUT2D eigenvalue weighted by Crippen LogP contribution is 2.18. The number of rotatable bonds is 4. The van der Waals surface area contributed by atoms with Gasteiger partial charge in [-0.1, -0.05) is 28.1 Å². The van der Waals surface area contributed by atoms with Gasteiger partial charge in [-0.05, 0) is 36.4 Å². The van der Waals surface area contributed by atoms with Gasteiger partial charge in [-0.3, -0.25) is 20.4 Å². The fraction of sp³-hybridized carbons (Fsp3) is 0.222. The molecule has 148 valence electrons. The number of amides is 2. The number of hydrogen-bond donors (Lipinski definition) is 2. The average Bonchev–Trinajstić information content (AvgIpc) is 2.72. The molecule has 2 aromatic carbocycles. The summed E-state index contributed by atoms with van der Waals surface area (Å²) in [5.74, 6) is -1.12. The second kappa shape index (κ2) is 8.82. The summed E-state index contributed by atoms with van der Waals surface area (Å²) in [5, 5.41) is 0. The Labute approximate surface area is 171 Å². The number of hydrogen-bond acceptors (Lipinski definition) is 5. The molecule has 0 radical (unpaired) electrons. The summed E-state index contributed by atoms with van der Waals surface area (Å²) in [7, 11) is -3.72. The van der Waals surface area contributed by atoms with Crippen LogP contribution in [0.3, 0.4) is 0 Å². The highest BCUT2D eigenvalue weighted by Gasteiger charge is 2.26. The largest absolute Gasteiger partial charge is 0.379 e. The molecule has 0 saturated carbocycles. The summed E-state index contributed by atoms with van der Waals surface area (Å²) in [6.07, 6.45) is 0. The predicted molar refractivity (Wildman–Crippen MR) is 105 cm³/mol. The zero-order valence-electron chi connectivity index (χ0n) is 14.7. The first-order valence-electron chi connectivity index (χ1n) is 8.42. The fourth-order valence-corrected chi connectivity index (χ4v) is 4.48. The Morgan fingerprint density at radius 1 is 0.929 bits per heavy atom. The molecule has 0 bridgehead atoms. The van der Waals surface area contributed by atoms with E-state index in [-0.39, 0.29) is 23.5 Å². The molecule has 2 amide bonds. The van der Waals surface area contributed by atoms with Crippen LogP contribution in [0.1, 0.15) is 20.7 Å². The first kappa shape index (κ1) is 20.5. The highest BCUT2D eigenvalue weighted by molar-refractivity contribution is 9.10. The van der Waals surface area contributed by atoms with E-state index in [0.717, 1.165) is 4.47 Å². The molecule has 0 unspecified atom stereocenters. The molecule has 1 fully saturated rings. The van der Waals surface area contributed by atoms with Gasteiger partial charge >= 0.3 is 0 Å². The van der Waals surface area contributed by atoms with Crippen molar-refractivity contribution in [2.75, 3.05) is 26.3 Å². The molecule has 0 spiro atoms. The topological polar surface area (TPSA) is 105 Å². The molecule has 0 atom stereocenters. The lowest BCUT2D eigenvalue weighted by molar-refractivity contribution is 0.0730. The number of halogens is 1. The van der Waals surface area contributed by atoms with E-state index in [1.54, 1.807) is 24.3 Å². The van der Waals surface area contributed by atoms with Crippen LogP contribution in [0.4, 0.5) is 0 Å². The number of benzene rings is 2.